The summed E-state index contributed by atoms with van der Waals surface area (Å²) in [5.41, 5.74) is 15.3. The van der Waals surface area contributed by atoms with E-state index in [0.717, 1.165) is 88.4 Å². The zero-order chi connectivity index (χ0) is 32.7. The predicted molar refractivity (Wildman–Crippen MR) is 208 cm³/mol. The van der Waals surface area contributed by atoms with Gasteiger partial charge in [-0.15, -0.1) is 0 Å². The van der Waals surface area contributed by atoms with Gasteiger partial charge in [0.25, 0.3) is 0 Å². The first kappa shape index (κ1) is 29.1. The summed E-state index contributed by atoms with van der Waals surface area (Å²) < 4.78 is 3.42. The Hall–Kier alpha value is -6.04. The summed E-state index contributed by atoms with van der Waals surface area (Å²) in [6.07, 6.45) is 8.42. The van der Waals surface area contributed by atoms with Crippen molar-refractivity contribution in [3.63, 3.8) is 0 Å². The average Bonchev–Trinajstić information content (AvgIpc) is 3.95. The molecule has 4 nitrogen and oxygen atoms in total. The van der Waals surface area contributed by atoms with Gasteiger partial charge in [0.05, 0.1) is 33.8 Å². The highest BCUT2D eigenvalue weighted by molar-refractivity contribution is 9.10. The number of fused-ring (bicyclic) bond motifs is 8. The van der Waals surface area contributed by atoms with Crippen LogP contribution >= 0.6 is 15.9 Å². The molecule has 3 aromatic heterocycles. The number of rotatable bonds is 4. The maximum absolute atomic E-state index is 5.30. The summed E-state index contributed by atoms with van der Waals surface area (Å²) in [6.45, 7) is 0. The van der Waals surface area contributed by atoms with Crippen molar-refractivity contribution in [1.82, 2.24) is 19.5 Å². The van der Waals surface area contributed by atoms with Crippen LogP contribution in [0.2, 0.25) is 0 Å². The topological polar surface area (TPSA) is 46.5 Å². The molecule has 5 heterocycles. The minimum absolute atomic E-state index is 0.882. The number of H-pyrrole nitrogens is 1. The number of halogens is 1. The Morgan fingerprint density at radius 3 is 1.65 bits per heavy atom. The maximum Gasteiger partial charge on any atom is 0.0737 e. The third-order valence-corrected chi connectivity index (χ3v) is 9.47. The van der Waals surface area contributed by atoms with Crippen LogP contribution in [0.5, 0.6) is 0 Å². The molecule has 4 aromatic carbocycles. The second kappa shape index (κ2) is 12.2. The van der Waals surface area contributed by atoms with Crippen molar-refractivity contribution in [3.05, 3.63) is 173 Å². The van der Waals surface area contributed by atoms with Crippen molar-refractivity contribution in [2.45, 2.75) is 0 Å². The number of aromatic nitrogens is 4. The molecule has 2 aliphatic heterocycles. The quantitative estimate of drug-likeness (QED) is 0.199. The van der Waals surface area contributed by atoms with Gasteiger partial charge in [-0.3, -0.25) is 0 Å². The molecule has 0 amide bonds. The minimum atomic E-state index is 0.882. The highest BCUT2D eigenvalue weighted by Crippen LogP contribution is 2.47. The zero-order valence-corrected chi connectivity index (χ0v) is 28.0. The number of nitrogens with one attached hydrogen (secondary N) is 1. The lowest BCUT2D eigenvalue weighted by molar-refractivity contribution is 1.17. The van der Waals surface area contributed by atoms with E-state index in [-0.39, 0.29) is 0 Å². The monoisotopic (exact) mass is 692 g/mol. The standard InChI is InChI=1S/C44H29BrN4/c45-32-18-16-31(17-19-32)41-39-25-24-36(48-39)27-35-21-20-33(46-35)26-34-22-23-37(47-34)28-40-42(29-10-4-1-5-11-29)43(30-12-6-2-7-13-30)44(41)49(40)38-14-8-3-9-15-38/h1-28,46H. The zero-order valence-electron chi connectivity index (χ0n) is 26.4. The Morgan fingerprint density at radius 2 is 1.00 bits per heavy atom. The van der Waals surface area contributed by atoms with E-state index in [4.69, 9.17) is 9.97 Å². The summed E-state index contributed by atoms with van der Waals surface area (Å²) in [7, 11) is 0. The van der Waals surface area contributed by atoms with E-state index in [0.29, 0.717) is 0 Å². The van der Waals surface area contributed by atoms with Crippen molar-refractivity contribution in [2.24, 2.45) is 0 Å². The molecule has 0 saturated heterocycles. The van der Waals surface area contributed by atoms with Gasteiger partial charge in [-0.1, -0.05) is 107 Å². The van der Waals surface area contributed by atoms with Crippen molar-refractivity contribution in [3.8, 4) is 39.1 Å². The van der Waals surface area contributed by atoms with E-state index in [9.17, 15) is 0 Å². The molecule has 232 valence electrons. The molecule has 0 fully saturated rings. The van der Waals surface area contributed by atoms with E-state index in [1.54, 1.807) is 0 Å². The second-order valence-electron chi connectivity index (χ2n) is 12.1. The molecule has 0 unspecified atom stereocenters. The van der Waals surface area contributed by atoms with Crippen LogP contribution in [0.3, 0.4) is 0 Å². The largest absolute Gasteiger partial charge is 0.355 e. The first-order valence-electron chi connectivity index (χ1n) is 16.3. The average molecular weight is 694 g/mol. The van der Waals surface area contributed by atoms with Gasteiger partial charge in [0.1, 0.15) is 0 Å². The fraction of sp³-hybridized carbons (Fsp3) is 0. The summed E-state index contributed by atoms with van der Waals surface area (Å²) in [5, 5.41) is 0. The third-order valence-electron chi connectivity index (χ3n) is 8.94. The van der Waals surface area contributed by atoms with E-state index in [1.807, 2.05) is 0 Å². The van der Waals surface area contributed by atoms with Gasteiger partial charge in [0.15, 0.2) is 0 Å². The van der Waals surface area contributed by atoms with Crippen LogP contribution in [0.25, 0.3) is 85.4 Å². The van der Waals surface area contributed by atoms with Crippen LogP contribution in [0, 0.1) is 0 Å². The fourth-order valence-corrected chi connectivity index (χ4v) is 7.09. The molecule has 0 saturated carbocycles. The molecule has 2 aliphatic rings. The van der Waals surface area contributed by atoms with Crippen LogP contribution < -0.4 is 0 Å². The molecule has 0 atom stereocenters. The fourth-order valence-electron chi connectivity index (χ4n) is 6.82. The van der Waals surface area contributed by atoms with Gasteiger partial charge in [0.2, 0.25) is 0 Å². The molecule has 7 aromatic rings. The van der Waals surface area contributed by atoms with Gasteiger partial charge in [0, 0.05) is 37.9 Å². The maximum atomic E-state index is 5.30. The smallest absolute Gasteiger partial charge is 0.0737 e. The van der Waals surface area contributed by atoms with E-state index in [2.05, 4.69) is 195 Å². The molecule has 49 heavy (non-hydrogen) atoms. The molecular weight excluding hydrogens is 664 g/mol. The number of benzene rings is 4. The van der Waals surface area contributed by atoms with Crippen molar-refractivity contribution in [1.29, 1.82) is 0 Å². The Morgan fingerprint density at radius 1 is 0.469 bits per heavy atom. The lowest BCUT2D eigenvalue weighted by Gasteiger charge is -2.13. The number of hydrogen-bond donors (Lipinski definition) is 1. The number of hydrogen-bond acceptors (Lipinski definition) is 2. The molecule has 0 aliphatic carbocycles. The molecule has 0 spiro atoms. The minimum Gasteiger partial charge on any atom is -0.355 e. The number of nitrogens with zero attached hydrogens (tertiary/aromatic N) is 3. The Balaban J connectivity index is 1.61. The van der Waals surface area contributed by atoms with Crippen LogP contribution in [0.4, 0.5) is 0 Å². The van der Waals surface area contributed by atoms with E-state index >= 15 is 0 Å². The summed E-state index contributed by atoms with van der Waals surface area (Å²) in [4.78, 5) is 13.9. The van der Waals surface area contributed by atoms with Crippen LogP contribution in [0.15, 0.2) is 150 Å². The normalized spacial score (nSPS) is 12.0. The summed E-state index contributed by atoms with van der Waals surface area (Å²) in [5.74, 6) is 0. The van der Waals surface area contributed by atoms with E-state index < -0.39 is 0 Å². The third kappa shape index (κ3) is 5.44. The van der Waals surface area contributed by atoms with Gasteiger partial charge < -0.3 is 9.55 Å². The molecule has 8 bridgehead atoms. The van der Waals surface area contributed by atoms with Crippen molar-refractivity contribution >= 4 is 62.3 Å². The van der Waals surface area contributed by atoms with Crippen LogP contribution in [0.1, 0.15) is 22.8 Å². The lowest BCUT2D eigenvalue weighted by atomic mass is 9.93. The molecule has 1 N–H and O–H groups in total. The lowest BCUT2D eigenvalue weighted by Crippen LogP contribution is -1.97. The molecule has 9 rings (SSSR count). The van der Waals surface area contributed by atoms with Gasteiger partial charge in [-0.2, -0.15) is 0 Å². The number of aromatic amines is 1. The van der Waals surface area contributed by atoms with Crippen LogP contribution in [-0.4, -0.2) is 19.5 Å². The first-order chi connectivity index (χ1) is 24.2. The molecule has 0 radical (unpaired) electrons. The van der Waals surface area contributed by atoms with Gasteiger partial charge in [-0.05, 0) is 95.6 Å². The highest BCUT2D eigenvalue weighted by atomic mass is 79.9. The van der Waals surface area contributed by atoms with Gasteiger partial charge >= 0.3 is 0 Å². The SMILES string of the molecule is Brc1ccc(-c2c3nc(cc4ccc(cc5nc(cc6c(-c7ccccc7)c(-c7ccccc7)c2n6-c2ccccc2)C=C5)[nH]4)C=C3)cc1. The van der Waals surface area contributed by atoms with Crippen LogP contribution in [-0.2, 0) is 0 Å². The van der Waals surface area contributed by atoms with Crippen molar-refractivity contribution in [2.75, 3.05) is 0 Å². The van der Waals surface area contributed by atoms with E-state index in [1.165, 1.54) is 0 Å². The second-order valence-corrected chi connectivity index (χ2v) is 13.0. The molecular formula is C44H29BrN4. The Labute approximate surface area is 292 Å². The number of para-hydroxylation sites is 1. The summed E-state index contributed by atoms with van der Waals surface area (Å²) in [6, 6.07) is 51.2. The Kier molecular flexibility index (Phi) is 7.25. The summed E-state index contributed by atoms with van der Waals surface area (Å²) >= 11 is 3.68. The Bertz CT molecular complexity index is 2580. The van der Waals surface area contributed by atoms with Gasteiger partial charge in [-0.25, -0.2) is 9.97 Å². The molecule has 5 heteroatoms. The predicted octanol–water partition coefficient (Wildman–Crippen LogP) is 11.9. The first-order valence-corrected chi connectivity index (χ1v) is 17.1. The van der Waals surface area contributed by atoms with Crippen molar-refractivity contribution < 1.29 is 0 Å². The highest BCUT2D eigenvalue weighted by Gasteiger charge is 2.25.